The van der Waals surface area contributed by atoms with E-state index in [1.165, 1.54) is 6.42 Å². The molecule has 0 aromatic heterocycles. The third-order valence-corrected chi connectivity index (χ3v) is 3.48. The smallest absolute Gasteiger partial charge is 0.251 e. The monoisotopic (exact) mass is 247 g/mol. The molecule has 1 aliphatic heterocycles. The summed E-state index contributed by atoms with van der Waals surface area (Å²) in [5, 5.41) is 6.05. The highest BCUT2D eigenvalue weighted by Crippen LogP contribution is 2.13. The van der Waals surface area contributed by atoms with Crippen LogP contribution in [-0.2, 0) is 0 Å². The summed E-state index contributed by atoms with van der Waals surface area (Å²) >= 11 is 0. The predicted molar refractivity (Wildman–Crippen MR) is 73.9 cm³/mol. The molecule has 0 radical (unpaired) electrons. The van der Waals surface area contributed by atoms with Crippen LogP contribution in [0.4, 0.5) is 5.69 Å². The first-order valence-electron chi connectivity index (χ1n) is 6.43. The summed E-state index contributed by atoms with van der Waals surface area (Å²) in [6.45, 7) is 2.99. The van der Waals surface area contributed by atoms with Crippen LogP contribution in [0.25, 0.3) is 0 Å². The zero-order valence-corrected chi connectivity index (χ0v) is 11.1. The van der Waals surface area contributed by atoms with E-state index in [4.69, 9.17) is 0 Å². The molecule has 18 heavy (non-hydrogen) atoms. The van der Waals surface area contributed by atoms with Crippen LogP contribution in [0.3, 0.4) is 0 Å². The average Bonchev–Trinajstić information content (AvgIpc) is 2.82. The lowest BCUT2D eigenvalue weighted by Crippen LogP contribution is -2.30. The number of nitrogens with zero attached hydrogens (tertiary/aromatic N) is 1. The Morgan fingerprint density at radius 2 is 2.11 bits per heavy atom. The lowest BCUT2D eigenvalue weighted by molar-refractivity contribution is 0.0947. The van der Waals surface area contributed by atoms with Crippen LogP contribution in [0.1, 0.15) is 16.8 Å². The van der Waals surface area contributed by atoms with E-state index >= 15 is 0 Å². The van der Waals surface area contributed by atoms with Gasteiger partial charge in [-0.15, -0.1) is 0 Å². The highest BCUT2D eigenvalue weighted by molar-refractivity contribution is 5.94. The molecule has 1 heterocycles. The first-order valence-corrected chi connectivity index (χ1v) is 6.43. The van der Waals surface area contributed by atoms with Crippen molar-refractivity contribution in [3.05, 3.63) is 29.8 Å². The van der Waals surface area contributed by atoms with Crippen molar-refractivity contribution in [2.24, 2.45) is 5.92 Å². The van der Waals surface area contributed by atoms with Crippen molar-refractivity contribution in [1.29, 1.82) is 0 Å². The molecule has 1 atom stereocenters. The molecule has 1 fully saturated rings. The molecule has 1 amide bonds. The molecule has 1 aromatic rings. The molecule has 1 saturated heterocycles. The number of rotatable bonds is 4. The van der Waals surface area contributed by atoms with Crippen molar-refractivity contribution in [3.63, 3.8) is 0 Å². The zero-order valence-electron chi connectivity index (χ0n) is 11.1. The van der Waals surface area contributed by atoms with Crippen LogP contribution in [0.2, 0.25) is 0 Å². The Morgan fingerprint density at radius 3 is 2.67 bits per heavy atom. The van der Waals surface area contributed by atoms with E-state index < -0.39 is 0 Å². The second kappa shape index (κ2) is 5.87. The van der Waals surface area contributed by atoms with E-state index in [0.29, 0.717) is 5.92 Å². The number of likely N-dealkylation sites (tertiary alicyclic amines) is 1. The number of hydrogen-bond acceptors (Lipinski definition) is 3. The summed E-state index contributed by atoms with van der Waals surface area (Å²) < 4.78 is 0. The summed E-state index contributed by atoms with van der Waals surface area (Å²) in [7, 11) is 3.99. The van der Waals surface area contributed by atoms with E-state index in [2.05, 4.69) is 22.6 Å². The number of benzene rings is 1. The van der Waals surface area contributed by atoms with Gasteiger partial charge in [-0.2, -0.15) is 0 Å². The Bertz CT molecular complexity index is 402. The molecule has 1 unspecified atom stereocenters. The van der Waals surface area contributed by atoms with Crippen LogP contribution in [-0.4, -0.2) is 44.5 Å². The van der Waals surface area contributed by atoms with Crippen molar-refractivity contribution >= 4 is 11.6 Å². The molecule has 0 aliphatic carbocycles. The SMILES string of the molecule is CNc1ccc(C(=O)NCC2CCN(C)C2)cc1. The maximum absolute atomic E-state index is 11.9. The normalized spacial score (nSPS) is 19.8. The molecule has 1 aromatic carbocycles. The lowest BCUT2D eigenvalue weighted by Gasteiger charge is -2.12. The van der Waals surface area contributed by atoms with Gasteiger partial charge in [-0.3, -0.25) is 4.79 Å². The minimum Gasteiger partial charge on any atom is -0.388 e. The number of nitrogens with one attached hydrogen (secondary N) is 2. The molecule has 1 aliphatic rings. The molecule has 4 heteroatoms. The summed E-state index contributed by atoms with van der Waals surface area (Å²) in [6.07, 6.45) is 1.18. The second-order valence-electron chi connectivity index (χ2n) is 4.95. The quantitative estimate of drug-likeness (QED) is 0.845. The minimum atomic E-state index is 0.0206. The topological polar surface area (TPSA) is 44.4 Å². The summed E-state index contributed by atoms with van der Waals surface area (Å²) in [5.41, 5.74) is 1.74. The van der Waals surface area contributed by atoms with Crippen LogP contribution in [0, 0.1) is 5.92 Å². The fourth-order valence-corrected chi connectivity index (χ4v) is 2.32. The van der Waals surface area contributed by atoms with Crippen LogP contribution in [0.5, 0.6) is 0 Å². The summed E-state index contributed by atoms with van der Waals surface area (Å²) in [5.74, 6) is 0.614. The van der Waals surface area contributed by atoms with Gasteiger partial charge in [0.25, 0.3) is 5.91 Å². The van der Waals surface area contributed by atoms with Gasteiger partial charge in [0.1, 0.15) is 0 Å². The Balaban J connectivity index is 1.83. The van der Waals surface area contributed by atoms with Gasteiger partial charge in [-0.05, 0) is 50.2 Å². The van der Waals surface area contributed by atoms with Crippen LogP contribution in [0.15, 0.2) is 24.3 Å². The lowest BCUT2D eigenvalue weighted by atomic mass is 10.1. The van der Waals surface area contributed by atoms with Crippen LogP contribution >= 0.6 is 0 Å². The number of carbonyl (C=O) groups excluding carboxylic acids is 1. The fourth-order valence-electron chi connectivity index (χ4n) is 2.32. The maximum atomic E-state index is 11.9. The predicted octanol–water partition coefficient (Wildman–Crippen LogP) is 1.41. The molecule has 0 saturated carbocycles. The highest BCUT2D eigenvalue weighted by Gasteiger charge is 2.19. The van der Waals surface area contributed by atoms with Gasteiger partial charge in [0.05, 0.1) is 0 Å². The highest BCUT2D eigenvalue weighted by atomic mass is 16.1. The van der Waals surface area contributed by atoms with Crippen molar-refractivity contribution in [3.8, 4) is 0 Å². The number of anilines is 1. The molecular weight excluding hydrogens is 226 g/mol. The second-order valence-corrected chi connectivity index (χ2v) is 4.95. The Morgan fingerprint density at radius 1 is 1.39 bits per heavy atom. The van der Waals surface area contributed by atoms with Gasteiger partial charge in [0.15, 0.2) is 0 Å². The number of amides is 1. The van der Waals surface area contributed by atoms with E-state index in [1.807, 2.05) is 31.3 Å². The summed E-state index contributed by atoms with van der Waals surface area (Å²) in [4.78, 5) is 14.2. The van der Waals surface area contributed by atoms with Crippen molar-refractivity contribution < 1.29 is 4.79 Å². The third kappa shape index (κ3) is 3.23. The standard InChI is InChI=1S/C14H21N3O/c1-15-13-5-3-12(4-6-13)14(18)16-9-11-7-8-17(2)10-11/h3-6,11,15H,7-10H2,1-2H3,(H,16,18). The minimum absolute atomic E-state index is 0.0206. The molecular formula is C14H21N3O. The number of hydrogen-bond donors (Lipinski definition) is 2. The first-order chi connectivity index (χ1) is 8.69. The Labute approximate surface area is 108 Å². The Kier molecular flexibility index (Phi) is 4.20. The molecule has 2 N–H and O–H groups in total. The first kappa shape index (κ1) is 12.9. The Hall–Kier alpha value is -1.55. The molecule has 0 spiro atoms. The van der Waals surface area contributed by atoms with Crippen molar-refractivity contribution in [2.45, 2.75) is 6.42 Å². The molecule has 4 nitrogen and oxygen atoms in total. The van der Waals surface area contributed by atoms with E-state index in [-0.39, 0.29) is 5.91 Å². The van der Waals surface area contributed by atoms with Gasteiger partial charge in [-0.25, -0.2) is 0 Å². The van der Waals surface area contributed by atoms with Gasteiger partial charge >= 0.3 is 0 Å². The fraction of sp³-hybridized carbons (Fsp3) is 0.500. The van der Waals surface area contributed by atoms with Gasteiger partial charge in [0.2, 0.25) is 0 Å². The molecule has 0 bridgehead atoms. The van der Waals surface area contributed by atoms with Crippen molar-refractivity contribution in [1.82, 2.24) is 10.2 Å². The van der Waals surface area contributed by atoms with E-state index in [1.54, 1.807) is 0 Å². The van der Waals surface area contributed by atoms with E-state index in [0.717, 1.165) is 30.9 Å². The maximum Gasteiger partial charge on any atom is 0.251 e. The average molecular weight is 247 g/mol. The van der Waals surface area contributed by atoms with Crippen molar-refractivity contribution in [2.75, 3.05) is 39.0 Å². The zero-order chi connectivity index (χ0) is 13.0. The van der Waals surface area contributed by atoms with E-state index in [9.17, 15) is 4.79 Å². The summed E-state index contributed by atoms with van der Waals surface area (Å²) in [6, 6.07) is 7.53. The largest absolute Gasteiger partial charge is 0.388 e. The molecule has 2 rings (SSSR count). The van der Waals surface area contributed by atoms with Crippen LogP contribution < -0.4 is 10.6 Å². The van der Waals surface area contributed by atoms with Gasteiger partial charge in [-0.1, -0.05) is 0 Å². The molecule has 98 valence electrons. The number of carbonyl (C=O) groups is 1. The third-order valence-electron chi connectivity index (χ3n) is 3.48. The van der Waals surface area contributed by atoms with Gasteiger partial charge in [0, 0.05) is 31.4 Å². The van der Waals surface area contributed by atoms with Gasteiger partial charge < -0.3 is 15.5 Å².